The minimum absolute atomic E-state index is 0.189. The Labute approximate surface area is 250 Å². The van der Waals surface area contributed by atoms with E-state index >= 15 is 0 Å². The predicted molar refractivity (Wildman–Crippen MR) is 165 cm³/mol. The molecule has 0 heterocycles. The summed E-state index contributed by atoms with van der Waals surface area (Å²) in [6.45, 7) is 7.22. The van der Waals surface area contributed by atoms with Gasteiger partial charge in [-0.15, -0.1) is 11.8 Å². The number of carboxylic acid groups (broad SMARTS) is 1. The van der Waals surface area contributed by atoms with Gasteiger partial charge in [-0.05, 0) is 58.8 Å². The summed E-state index contributed by atoms with van der Waals surface area (Å²) in [6.07, 6.45) is 0.322. The molecule has 0 saturated heterocycles. The number of aromatic carboxylic acids is 1. The van der Waals surface area contributed by atoms with Gasteiger partial charge in [-0.1, -0.05) is 99.6 Å². The number of carbonyl (C=O) groups is 3. The third kappa shape index (κ3) is 8.56. The normalized spacial score (nSPS) is 11.6. The van der Waals surface area contributed by atoms with Gasteiger partial charge >= 0.3 is 5.97 Å². The van der Waals surface area contributed by atoms with Crippen molar-refractivity contribution in [2.45, 2.75) is 49.7 Å². The van der Waals surface area contributed by atoms with Crippen molar-refractivity contribution in [3.8, 4) is 5.75 Å². The summed E-state index contributed by atoms with van der Waals surface area (Å²) in [5.74, 6) is -1.71. The Hall–Kier alpha value is -3.87. The van der Waals surface area contributed by atoms with E-state index in [-0.39, 0.29) is 27.9 Å². The van der Waals surface area contributed by atoms with Crippen LogP contribution in [0.25, 0.3) is 0 Å². The van der Waals surface area contributed by atoms with Crippen LogP contribution in [0.15, 0.2) is 102 Å². The first-order valence-electron chi connectivity index (χ1n) is 13.0. The second-order valence-electron chi connectivity index (χ2n) is 10.5. The molecular formula is C34H33ClO5S. The summed E-state index contributed by atoms with van der Waals surface area (Å²) < 4.78 is 0. The quantitative estimate of drug-likeness (QED) is 0.122. The van der Waals surface area contributed by atoms with Crippen molar-refractivity contribution in [3.05, 3.63) is 130 Å². The SMILES string of the molecule is Cc1c(C(=O)C(Sc2ccccc2)c2ccccc2)cc(C(C)(C)C)c(O)c1C(=O)O.O=C(Cl)Cc1ccccc1. The number of thioether (sulfide) groups is 1. The van der Waals surface area contributed by atoms with Crippen molar-refractivity contribution in [2.75, 3.05) is 0 Å². The number of rotatable bonds is 8. The van der Waals surface area contributed by atoms with Gasteiger partial charge in [0.25, 0.3) is 0 Å². The van der Waals surface area contributed by atoms with Gasteiger partial charge in [0.2, 0.25) is 5.24 Å². The van der Waals surface area contributed by atoms with Gasteiger partial charge in [0.1, 0.15) is 11.3 Å². The van der Waals surface area contributed by atoms with Crippen LogP contribution in [0.3, 0.4) is 0 Å². The molecule has 0 aliphatic heterocycles. The number of Topliss-reactive ketones (excluding diaryl/α,β-unsaturated/α-hetero) is 1. The van der Waals surface area contributed by atoms with Crippen molar-refractivity contribution in [3.63, 3.8) is 0 Å². The Kier molecular flexibility index (Phi) is 10.9. The van der Waals surface area contributed by atoms with E-state index in [9.17, 15) is 24.6 Å². The zero-order valence-electron chi connectivity index (χ0n) is 23.4. The molecule has 0 aliphatic rings. The van der Waals surface area contributed by atoms with Crippen molar-refractivity contribution in [2.24, 2.45) is 0 Å². The molecule has 4 aromatic rings. The highest BCUT2D eigenvalue weighted by Crippen LogP contribution is 2.42. The van der Waals surface area contributed by atoms with E-state index in [0.29, 0.717) is 17.5 Å². The molecule has 41 heavy (non-hydrogen) atoms. The lowest BCUT2D eigenvalue weighted by molar-refractivity contribution is -0.111. The van der Waals surface area contributed by atoms with Crippen LogP contribution >= 0.6 is 23.4 Å². The Morgan fingerprint density at radius 2 is 1.37 bits per heavy atom. The van der Waals surface area contributed by atoms with Crippen molar-refractivity contribution in [1.82, 2.24) is 0 Å². The Morgan fingerprint density at radius 3 is 1.85 bits per heavy atom. The van der Waals surface area contributed by atoms with E-state index in [0.717, 1.165) is 16.0 Å². The molecule has 1 unspecified atom stereocenters. The van der Waals surface area contributed by atoms with Crippen LogP contribution in [0.2, 0.25) is 0 Å². The number of halogens is 1. The third-order valence-corrected chi connectivity index (χ3v) is 7.77. The summed E-state index contributed by atoms with van der Waals surface area (Å²) >= 11 is 6.60. The largest absolute Gasteiger partial charge is 0.507 e. The van der Waals surface area contributed by atoms with Crippen molar-refractivity contribution >= 4 is 40.4 Å². The molecule has 0 saturated carbocycles. The average Bonchev–Trinajstić information content (AvgIpc) is 2.92. The van der Waals surface area contributed by atoms with E-state index in [4.69, 9.17) is 11.6 Å². The standard InChI is InChI=1S/C26H26O4S.C8H7ClO/c1-16-19(15-20(26(2,3)4)23(28)21(16)25(29)30)22(27)24(17-11-7-5-8-12-17)31-18-13-9-6-10-14-18;9-8(10)6-7-4-2-1-3-5-7/h5-15,24,28H,1-4H3,(H,29,30);1-5H,6H2. The number of ketones is 1. The van der Waals surface area contributed by atoms with Crippen LogP contribution < -0.4 is 0 Å². The predicted octanol–water partition coefficient (Wildman–Crippen LogP) is 8.41. The summed E-state index contributed by atoms with van der Waals surface area (Å²) in [6, 6.07) is 30.2. The van der Waals surface area contributed by atoms with Crippen LogP contribution in [-0.4, -0.2) is 27.2 Å². The maximum Gasteiger partial charge on any atom is 0.339 e. The molecular weight excluding hydrogens is 556 g/mol. The van der Waals surface area contributed by atoms with Crippen LogP contribution in [0, 0.1) is 6.92 Å². The summed E-state index contributed by atoms with van der Waals surface area (Å²) in [5.41, 5.74) is 2.08. The topological polar surface area (TPSA) is 91.7 Å². The Balaban J connectivity index is 0.000000389. The second kappa shape index (κ2) is 14.2. The third-order valence-electron chi connectivity index (χ3n) is 6.37. The number of hydrogen-bond donors (Lipinski definition) is 2. The molecule has 0 aromatic heterocycles. The van der Waals surface area contributed by atoms with Crippen LogP contribution in [-0.2, 0) is 16.6 Å². The highest BCUT2D eigenvalue weighted by molar-refractivity contribution is 8.00. The molecule has 4 aromatic carbocycles. The van der Waals surface area contributed by atoms with E-state index in [1.165, 1.54) is 11.8 Å². The monoisotopic (exact) mass is 588 g/mol. The van der Waals surface area contributed by atoms with Gasteiger partial charge in [-0.25, -0.2) is 4.79 Å². The fourth-order valence-corrected chi connectivity index (χ4v) is 5.56. The maximum atomic E-state index is 13.8. The highest BCUT2D eigenvalue weighted by atomic mass is 35.5. The zero-order chi connectivity index (χ0) is 30.2. The zero-order valence-corrected chi connectivity index (χ0v) is 25.0. The molecule has 212 valence electrons. The van der Waals surface area contributed by atoms with Crippen molar-refractivity contribution in [1.29, 1.82) is 0 Å². The molecule has 5 nitrogen and oxygen atoms in total. The number of hydrogen-bond acceptors (Lipinski definition) is 5. The molecule has 4 rings (SSSR count). The van der Waals surface area contributed by atoms with Gasteiger partial charge in [0.15, 0.2) is 5.78 Å². The molecule has 0 radical (unpaired) electrons. The number of aromatic hydroxyl groups is 1. The minimum atomic E-state index is -1.25. The molecule has 1 atom stereocenters. The second-order valence-corrected chi connectivity index (χ2v) is 12.1. The summed E-state index contributed by atoms with van der Waals surface area (Å²) in [7, 11) is 0. The van der Waals surface area contributed by atoms with Gasteiger partial charge in [0, 0.05) is 22.4 Å². The van der Waals surface area contributed by atoms with Gasteiger partial charge in [-0.3, -0.25) is 9.59 Å². The Bertz CT molecular complexity index is 1500. The van der Waals surface area contributed by atoms with Gasteiger partial charge in [-0.2, -0.15) is 0 Å². The minimum Gasteiger partial charge on any atom is -0.507 e. The Morgan fingerprint density at radius 1 is 0.854 bits per heavy atom. The summed E-state index contributed by atoms with van der Waals surface area (Å²) in [4.78, 5) is 37.1. The van der Waals surface area contributed by atoms with Crippen LogP contribution in [0.5, 0.6) is 5.75 Å². The first kappa shape index (κ1) is 31.7. The van der Waals surface area contributed by atoms with Gasteiger partial charge < -0.3 is 10.2 Å². The molecule has 0 fully saturated rings. The number of carbonyl (C=O) groups excluding carboxylic acids is 2. The lowest BCUT2D eigenvalue weighted by atomic mass is 9.81. The lowest BCUT2D eigenvalue weighted by Gasteiger charge is -2.25. The molecule has 2 N–H and O–H groups in total. The molecule has 0 aliphatic carbocycles. The fraction of sp³-hybridized carbons (Fsp3) is 0.206. The number of benzene rings is 4. The van der Waals surface area contributed by atoms with Crippen LogP contribution in [0.4, 0.5) is 0 Å². The fourth-order valence-electron chi connectivity index (χ4n) is 4.29. The van der Waals surface area contributed by atoms with E-state index < -0.39 is 16.6 Å². The van der Waals surface area contributed by atoms with Crippen molar-refractivity contribution < 1.29 is 24.6 Å². The van der Waals surface area contributed by atoms with Crippen LogP contribution in [0.1, 0.15) is 69.0 Å². The van der Waals surface area contributed by atoms with E-state index in [1.54, 1.807) is 13.0 Å². The average molecular weight is 589 g/mol. The molecule has 0 amide bonds. The highest BCUT2D eigenvalue weighted by Gasteiger charge is 2.31. The first-order valence-corrected chi connectivity index (χ1v) is 14.3. The first-order chi connectivity index (χ1) is 19.4. The smallest absolute Gasteiger partial charge is 0.339 e. The lowest BCUT2D eigenvalue weighted by Crippen LogP contribution is -2.19. The summed E-state index contributed by atoms with van der Waals surface area (Å²) in [5, 5.41) is 19.6. The molecule has 0 bridgehead atoms. The molecule has 0 spiro atoms. The van der Waals surface area contributed by atoms with Gasteiger partial charge in [0.05, 0.1) is 5.25 Å². The maximum absolute atomic E-state index is 13.8. The van der Waals surface area contributed by atoms with E-state index in [2.05, 4.69) is 0 Å². The number of phenols is 1. The molecule has 7 heteroatoms. The van der Waals surface area contributed by atoms with E-state index in [1.807, 2.05) is 112 Å². The number of carboxylic acids is 1.